The summed E-state index contributed by atoms with van der Waals surface area (Å²) in [5.41, 5.74) is -3.39. The van der Waals surface area contributed by atoms with Crippen molar-refractivity contribution in [3.63, 3.8) is 0 Å². The summed E-state index contributed by atoms with van der Waals surface area (Å²) < 4.78 is 44.5. The largest absolute Gasteiger partial charge is 0.465 e. The second-order valence-electron chi connectivity index (χ2n) is 7.89. The number of anilines is 1. The smallest absolute Gasteiger partial charge is 0.417 e. The number of rotatable bonds is 4. The average Bonchev–Trinajstić information content (AvgIpc) is 3.37. The first-order chi connectivity index (χ1) is 16.1. The Morgan fingerprint density at radius 3 is 2.32 bits per heavy atom. The van der Waals surface area contributed by atoms with Crippen molar-refractivity contribution < 1.29 is 32.6 Å². The average molecular weight is 470 g/mol. The molecule has 0 bridgehead atoms. The third-order valence-corrected chi connectivity index (χ3v) is 5.70. The Morgan fingerprint density at radius 2 is 1.76 bits per heavy atom. The van der Waals surface area contributed by atoms with Gasteiger partial charge in [0.05, 0.1) is 29.9 Å². The van der Waals surface area contributed by atoms with Crippen LogP contribution in [0.4, 0.5) is 18.9 Å². The SMILES string of the molecule is COC(=O)c1ccc(C#CC(O)(C(=O)Nc2ccc(C#N)c(C(F)(F)F)c2)C2CCCC2)cc1. The number of methoxy groups -OCH3 is 1. The molecular formula is C25H21F3N2O4. The molecule has 1 aliphatic rings. The maximum Gasteiger partial charge on any atom is 0.417 e. The van der Waals surface area contributed by atoms with Gasteiger partial charge in [-0.1, -0.05) is 24.7 Å². The molecule has 176 valence electrons. The van der Waals surface area contributed by atoms with Gasteiger partial charge in [0.25, 0.3) is 5.91 Å². The molecule has 2 N–H and O–H groups in total. The Hall–Kier alpha value is -3.82. The van der Waals surface area contributed by atoms with Crippen molar-refractivity contribution >= 4 is 17.6 Å². The molecule has 1 atom stereocenters. The number of halogens is 3. The molecule has 6 nitrogen and oxygen atoms in total. The number of ether oxygens (including phenoxy) is 1. The molecule has 2 aromatic rings. The fraction of sp³-hybridized carbons (Fsp3) is 0.320. The van der Waals surface area contributed by atoms with Gasteiger partial charge in [0, 0.05) is 17.2 Å². The van der Waals surface area contributed by atoms with Gasteiger partial charge in [-0.05, 0) is 55.3 Å². The number of hydrogen-bond donors (Lipinski definition) is 2. The summed E-state index contributed by atoms with van der Waals surface area (Å²) in [5.74, 6) is 3.36. The minimum atomic E-state index is -4.79. The zero-order valence-electron chi connectivity index (χ0n) is 18.2. The normalized spacial score (nSPS) is 15.4. The number of esters is 1. The van der Waals surface area contributed by atoms with Gasteiger partial charge < -0.3 is 15.2 Å². The summed E-state index contributed by atoms with van der Waals surface area (Å²) in [7, 11) is 1.25. The van der Waals surface area contributed by atoms with Gasteiger partial charge in [0.2, 0.25) is 5.60 Å². The lowest BCUT2D eigenvalue weighted by molar-refractivity contribution is -0.138. The van der Waals surface area contributed by atoms with Crippen LogP contribution in [0.5, 0.6) is 0 Å². The summed E-state index contributed by atoms with van der Waals surface area (Å²) >= 11 is 0. The molecular weight excluding hydrogens is 449 g/mol. The van der Waals surface area contributed by atoms with E-state index in [1.807, 2.05) is 0 Å². The van der Waals surface area contributed by atoms with Crippen LogP contribution in [0, 0.1) is 29.1 Å². The number of amides is 1. The molecule has 0 spiro atoms. The van der Waals surface area contributed by atoms with Crippen molar-refractivity contribution in [2.24, 2.45) is 5.92 Å². The van der Waals surface area contributed by atoms with Crippen LogP contribution < -0.4 is 5.32 Å². The highest BCUT2D eigenvalue weighted by Gasteiger charge is 2.44. The second kappa shape index (κ2) is 9.98. The van der Waals surface area contributed by atoms with E-state index in [1.54, 1.807) is 0 Å². The van der Waals surface area contributed by atoms with E-state index in [2.05, 4.69) is 21.9 Å². The standard InChI is InChI=1S/C25H21F3N2O4/c1-34-22(31)17-8-6-16(7-9-17)12-13-24(33,19-4-2-3-5-19)23(32)30-20-11-10-18(15-29)21(14-20)25(26,27)28/h6-11,14,19,33H,2-5H2,1H3,(H,30,32). The van der Waals surface area contributed by atoms with Crippen LogP contribution in [0.3, 0.4) is 0 Å². The van der Waals surface area contributed by atoms with Gasteiger partial charge in [-0.15, -0.1) is 0 Å². The Labute approximate surface area is 194 Å². The molecule has 1 amide bonds. The number of benzene rings is 2. The Morgan fingerprint density at radius 1 is 1.12 bits per heavy atom. The third kappa shape index (κ3) is 5.38. The molecule has 1 fully saturated rings. The number of alkyl halides is 3. The summed E-state index contributed by atoms with van der Waals surface area (Å²) in [4.78, 5) is 24.6. The van der Waals surface area contributed by atoms with Crippen LogP contribution in [0.2, 0.25) is 0 Å². The van der Waals surface area contributed by atoms with Crippen LogP contribution in [-0.2, 0) is 15.7 Å². The van der Waals surface area contributed by atoms with Crippen molar-refractivity contribution in [2.45, 2.75) is 37.5 Å². The highest BCUT2D eigenvalue weighted by molar-refractivity contribution is 6.00. The summed E-state index contributed by atoms with van der Waals surface area (Å²) in [5, 5.41) is 22.6. The Bertz CT molecular complexity index is 1180. The quantitative estimate of drug-likeness (QED) is 0.514. The molecule has 1 saturated carbocycles. The van der Waals surface area contributed by atoms with Crippen LogP contribution in [0.15, 0.2) is 42.5 Å². The lowest BCUT2D eigenvalue weighted by Crippen LogP contribution is -2.47. The highest BCUT2D eigenvalue weighted by Crippen LogP contribution is 2.36. The van der Waals surface area contributed by atoms with Crippen LogP contribution in [0.1, 0.15) is 52.7 Å². The maximum atomic E-state index is 13.3. The summed E-state index contributed by atoms with van der Waals surface area (Å²) in [6.07, 6.45) is -2.17. The van der Waals surface area contributed by atoms with Crippen molar-refractivity contribution in [1.82, 2.24) is 0 Å². The maximum absolute atomic E-state index is 13.3. The van der Waals surface area contributed by atoms with Gasteiger partial charge in [-0.3, -0.25) is 4.79 Å². The van der Waals surface area contributed by atoms with Gasteiger partial charge >= 0.3 is 12.1 Å². The minimum Gasteiger partial charge on any atom is -0.465 e. The van der Waals surface area contributed by atoms with Gasteiger partial charge in [0.15, 0.2) is 0 Å². The predicted octanol–water partition coefficient (Wildman–Crippen LogP) is 4.28. The fourth-order valence-electron chi connectivity index (χ4n) is 3.84. The summed E-state index contributed by atoms with van der Waals surface area (Å²) in [6.45, 7) is 0. The van der Waals surface area contributed by atoms with Crippen molar-refractivity contribution in [3.05, 3.63) is 64.7 Å². The molecule has 0 saturated heterocycles. The van der Waals surface area contributed by atoms with Crippen molar-refractivity contribution in [2.75, 3.05) is 12.4 Å². The monoisotopic (exact) mass is 470 g/mol. The molecule has 0 heterocycles. The van der Waals surface area contributed by atoms with Gasteiger partial charge in [-0.25, -0.2) is 4.79 Å². The topological polar surface area (TPSA) is 99.4 Å². The van der Waals surface area contributed by atoms with E-state index in [0.29, 0.717) is 30.0 Å². The lowest BCUT2D eigenvalue weighted by atomic mass is 9.85. The number of nitrogens with one attached hydrogen (secondary N) is 1. The number of nitriles is 1. The van der Waals surface area contributed by atoms with E-state index in [4.69, 9.17) is 5.26 Å². The number of carbonyl (C=O) groups is 2. The Kier molecular flexibility index (Phi) is 7.29. The van der Waals surface area contributed by atoms with Crippen LogP contribution in [0.25, 0.3) is 0 Å². The number of nitrogens with zero attached hydrogens (tertiary/aromatic N) is 1. The first kappa shape index (κ1) is 24.8. The van der Waals surface area contributed by atoms with Gasteiger partial charge in [-0.2, -0.15) is 18.4 Å². The van der Waals surface area contributed by atoms with E-state index in [1.165, 1.54) is 43.5 Å². The predicted molar refractivity (Wildman–Crippen MR) is 116 cm³/mol. The Balaban J connectivity index is 1.91. The molecule has 9 heteroatoms. The number of hydrogen-bond acceptors (Lipinski definition) is 5. The molecule has 2 aromatic carbocycles. The van der Waals surface area contributed by atoms with E-state index in [0.717, 1.165) is 18.9 Å². The minimum absolute atomic E-state index is 0.211. The molecule has 0 aromatic heterocycles. The van der Waals surface area contributed by atoms with Crippen molar-refractivity contribution in [3.8, 4) is 17.9 Å². The first-order valence-electron chi connectivity index (χ1n) is 10.4. The van der Waals surface area contributed by atoms with E-state index in [9.17, 15) is 27.9 Å². The molecule has 1 aliphatic carbocycles. The fourth-order valence-corrected chi connectivity index (χ4v) is 3.84. The summed E-state index contributed by atoms with van der Waals surface area (Å²) in [6, 6.07) is 10.3. The molecule has 34 heavy (non-hydrogen) atoms. The van der Waals surface area contributed by atoms with Gasteiger partial charge in [0.1, 0.15) is 0 Å². The molecule has 0 radical (unpaired) electrons. The third-order valence-electron chi connectivity index (χ3n) is 5.70. The number of carbonyl (C=O) groups excluding carboxylic acids is 2. The zero-order chi connectivity index (χ0) is 24.9. The molecule has 3 rings (SSSR count). The second-order valence-corrected chi connectivity index (χ2v) is 7.89. The van der Waals surface area contributed by atoms with Crippen LogP contribution in [-0.4, -0.2) is 29.7 Å². The zero-order valence-corrected chi connectivity index (χ0v) is 18.2. The molecule has 0 aliphatic heterocycles. The highest BCUT2D eigenvalue weighted by atomic mass is 19.4. The first-order valence-corrected chi connectivity index (χ1v) is 10.4. The van der Waals surface area contributed by atoms with E-state index >= 15 is 0 Å². The van der Waals surface area contributed by atoms with E-state index in [-0.39, 0.29) is 5.69 Å². The van der Waals surface area contributed by atoms with Crippen LogP contribution >= 0.6 is 0 Å². The number of aliphatic hydroxyl groups is 1. The molecule has 1 unspecified atom stereocenters. The van der Waals surface area contributed by atoms with Crippen molar-refractivity contribution in [1.29, 1.82) is 5.26 Å². The van der Waals surface area contributed by atoms with E-state index < -0.39 is 40.7 Å². The lowest BCUT2D eigenvalue weighted by Gasteiger charge is -2.27.